The zero-order chi connectivity index (χ0) is 18.5. The molecule has 3 aromatic rings. The van der Waals surface area contributed by atoms with Gasteiger partial charge >= 0.3 is 0 Å². The van der Waals surface area contributed by atoms with E-state index < -0.39 is 0 Å². The predicted molar refractivity (Wildman–Crippen MR) is 101 cm³/mol. The minimum Gasteiger partial charge on any atom is -0.495 e. The second-order valence-electron chi connectivity index (χ2n) is 5.55. The van der Waals surface area contributed by atoms with Crippen molar-refractivity contribution in [3.8, 4) is 17.1 Å². The molecule has 3 rings (SSSR count). The van der Waals surface area contributed by atoms with Gasteiger partial charge in [0.05, 0.1) is 18.0 Å². The van der Waals surface area contributed by atoms with Gasteiger partial charge in [-0.15, -0.1) is 10.2 Å². The van der Waals surface area contributed by atoms with Gasteiger partial charge in [-0.05, 0) is 31.2 Å². The first-order valence-corrected chi connectivity index (χ1v) is 8.88. The number of hydrogen-bond donors (Lipinski definition) is 1. The third-order valence-corrected chi connectivity index (χ3v) is 4.92. The number of nitrogens with zero attached hydrogens (tertiary/aromatic N) is 4. The van der Waals surface area contributed by atoms with E-state index in [9.17, 15) is 4.79 Å². The molecule has 0 aliphatic carbocycles. The molecule has 1 atom stereocenters. The van der Waals surface area contributed by atoms with Gasteiger partial charge in [0, 0.05) is 25.0 Å². The number of carbonyl (C=O) groups excluding carboxylic acids is 1. The van der Waals surface area contributed by atoms with Crippen LogP contribution in [0.25, 0.3) is 11.4 Å². The van der Waals surface area contributed by atoms with Crippen molar-refractivity contribution < 1.29 is 9.53 Å². The van der Waals surface area contributed by atoms with Crippen molar-refractivity contribution in [3.05, 3.63) is 48.8 Å². The van der Waals surface area contributed by atoms with E-state index in [2.05, 4.69) is 20.5 Å². The van der Waals surface area contributed by atoms with Gasteiger partial charge in [0.15, 0.2) is 11.0 Å². The Morgan fingerprint density at radius 1 is 1.19 bits per heavy atom. The zero-order valence-electron chi connectivity index (χ0n) is 14.7. The third-order valence-electron chi connectivity index (χ3n) is 3.79. The van der Waals surface area contributed by atoms with Gasteiger partial charge in [0.25, 0.3) is 0 Å². The number of nitrogens with one attached hydrogen (secondary N) is 1. The maximum Gasteiger partial charge on any atom is 0.237 e. The van der Waals surface area contributed by atoms with E-state index in [4.69, 9.17) is 4.74 Å². The van der Waals surface area contributed by atoms with Crippen LogP contribution in [0.4, 0.5) is 5.69 Å². The summed E-state index contributed by atoms with van der Waals surface area (Å²) < 4.78 is 7.13. The lowest BCUT2D eigenvalue weighted by atomic mass is 10.2. The molecule has 1 N–H and O–H groups in total. The smallest absolute Gasteiger partial charge is 0.237 e. The van der Waals surface area contributed by atoms with Gasteiger partial charge in [-0.3, -0.25) is 9.78 Å². The van der Waals surface area contributed by atoms with Crippen molar-refractivity contribution in [2.75, 3.05) is 12.4 Å². The van der Waals surface area contributed by atoms with E-state index in [0.717, 1.165) is 11.4 Å². The van der Waals surface area contributed by atoms with Crippen LogP contribution in [-0.4, -0.2) is 38.0 Å². The normalized spacial score (nSPS) is 11.8. The van der Waals surface area contributed by atoms with Crippen LogP contribution in [0.3, 0.4) is 0 Å². The van der Waals surface area contributed by atoms with Crippen LogP contribution in [0, 0.1) is 0 Å². The number of para-hydroxylation sites is 2. The van der Waals surface area contributed by atoms with Crippen molar-refractivity contribution >= 4 is 23.4 Å². The summed E-state index contributed by atoms with van der Waals surface area (Å²) in [5.74, 6) is 1.22. The molecule has 0 radical (unpaired) electrons. The molecule has 2 aromatic heterocycles. The number of pyridine rings is 1. The third kappa shape index (κ3) is 3.85. The molecule has 0 saturated carbocycles. The molecule has 0 aliphatic rings. The fourth-order valence-electron chi connectivity index (χ4n) is 2.36. The zero-order valence-corrected chi connectivity index (χ0v) is 15.5. The van der Waals surface area contributed by atoms with Crippen LogP contribution in [0.5, 0.6) is 5.75 Å². The molecular weight excluding hydrogens is 350 g/mol. The van der Waals surface area contributed by atoms with E-state index in [0.29, 0.717) is 16.6 Å². The van der Waals surface area contributed by atoms with E-state index in [-0.39, 0.29) is 11.2 Å². The first-order valence-electron chi connectivity index (χ1n) is 8.00. The molecule has 0 fully saturated rings. The van der Waals surface area contributed by atoms with Crippen LogP contribution in [-0.2, 0) is 11.8 Å². The lowest BCUT2D eigenvalue weighted by molar-refractivity contribution is -0.115. The molecule has 0 aliphatic heterocycles. The first-order chi connectivity index (χ1) is 12.6. The SMILES string of the molecule is COc1ccccc1NC(=O)[C@H](C)Sc1nnc(-c2ccncc2)n1C. The van der Waals surface area contributed by atoms with Gasteiger partial charge in [0.1, 0.15) is 5.75 Å². The molecule has 2 heterocycles. The molecule has 1 aromatic carbocycles. The monoisotopic (exact) mass is 369 g/mol. The molecule has 26 heavy (non-hydrogen) atoms. The first kappa shape index (κ1) is 17.9. The Balaban J connectivity index is 1.71. The number of amides is 1. The summed E-state index contributed by atoms with van der Waals surface area (Å²) in [4.78, 5) is 16.5. The molecule has 8 heteroatoms. The summed E-state index contributed by atoms with van der Waals surface area (Å²) in [6, 6.07) is 11.0. The van der Waals surface area contributed by atoms with Crippen molar-refractivity contribution in [3.63, 3.8) is 0 Å². The quantitative estimate of drug-likeness (QED) is 0.673. The summed E-state index contributed by atoms with van der Waals surface area (Å²) in [5.41, 5.74) is 1.57. The highest BCUT2D eigenvalue weighted by molar-refractivity contribution is 8.00. The Labute approximate surface area is 155 Å². The standard InChI is InChI=1S/C18H19N5O2S/c1-12(17(24)20-14-6-4-5-7-15(14)25-3)26-18-22-21-16(23(18)2)13-8-10-19-11-9-13/h4-12H,1-3H3,(H,20,24)/t12-/m0/s1. The van der Waals surface area contributed by atoms with Crippen molar-refractivity contribution in [1.82, 2.24) is 19.7 Å². The topological polar surface area (TPSA) is 81.9 Å². The molecule has 1 amide bonds. The van der Waals surface area contributed by atoms with Crippen molar-refractivity contribution in [2.24, 2.45) is 7.05 Å². The molecule has 134 valence electrons. The summed E-state index contributed by atoms with van der Waals surface area (Å²) >= 11 is 1.35. The number of anilines is 1. The Bertz CT molecular complexity index is 898. The highest BCUT2D eigenvalue weighted by Gasteiger charge is 2.20. The van der Waals surface area contributed by atoms with Crippen molar-refractivity contribution in [1.29, 1.82) is 0 Å². The van der Waals surface area contributed by atoms with Crippen molar-refractivity contribution in [2.45, 2.75) is 17.3 Å². The maximum atomic E-state index is 12.5. The number of aromatic nitrogens is 4. The van der Waals surface area contributed by atoms with E-state index in [1.807, 2.05) is 42.8 Å². The van der Waals surface area contributed by atoms with Gasteiger partial charge in [-0.1, -0.05) is 23.9 Å². The summed E-state index contributed by atoms with van der Waals surface area (Å²) in [6.45, 7) is 1.83. The van der Waals surface area contributed by atoms with Crippen LogP contribution in [0.1, 0.15) is 6.92 Å². The minimum absolute atomic E-state index is 0.132. The van der Waals surface area contributed by atoms with Gasteiger partial charge < -0.3 is 14.6 Å². The molecular formula is C18H19N5O2S. The van der Waals surface area contributed by atoms with Gasteiger partial charge in [0.2, 0.25) is 5.91 Å². The van der Waals surface area contributed by atoms with Crippen LogP contribution < -0.4 is 10.1 Å². The van der Waals surface area contributed by atoms with Crippen LogP contribution >= 0.6 is 11.8 Å². The van der Waals surface area contributed by atoms with E-state index in [1.54, 1.807) is 31.6 Å². The average molecular weight is 369 g/mol. The van der Waals surface area contributed by atoms with E-state index in [1.165, 1.54) is 11.8 Å². The molecule has 0 bridgehead atoms. The number of benzene rings is 1. The second kappa shape index (κ2) is 8.01. The highest BCUT2D eigenvalue weighted by atomic mass is 32.2. The number of thioether (sulfide) groups is 1. The summed E-state index contributed by atoms with van der Waals surface area (Å²) in [5, 5.41) is 11.6. The number of methoxy groups -OCH3 is 1. The number of carbonyl (C=O) groups is 1. The highest BCUT2D eigenvalue weighted by Crippen LogP contribution is 2.28. The van der Waals surface area contributed by atoms with Crippen LogP contribution in [0.2, 0.25) is 0 Å². The summed E-state index contributed by atoms with van der Waals surface area (Å²) in [7, 11) is 3.45. The Kier molecular flexibility index (Phi) is 5.52. The molecule has 0 spiro atoms. The van der Waals surface area contributed by atoms with Gasteiger partial charge in [-0.25, -0.2) is 0 Å². The average Bonchev–Trinajstić information content (AvgIpc) is 3.03. The molecule has 0 unspecified atom stereocenters. The minimum atomic E-state index is -0.354. The Hall–Kier alpha value is -2.87. The Morgan fingerprint density at radius 3 is 2.65 bits per heavy atom. The fourth-order valence-corrected chi connectivity index (χ4v) is 3.18. The second-order valence-corrected chi connectivity index (χ2v) is 6.86. The molecule has 7 nitrogen and oxygen atoms in total. The summed E-state index contributed by atoms with van der Waals surface area (Å²) in [6.07, 6.45) is 3.42. The van der Waals surface area contributed by atoms with Crippen LogP contribution in [0.15, 0.2) is 53.9 Å². The largest absolute Gasteiger partial charge is 0.495 e. The fraction of sp³-hybridized carbons (Fsp3) is 0.222. The van der Waals surface area contributed by atoms with E-state index >= 15 is 0 Å². The number of ether oxygens (including phenoxy) is 1. The molecule has 0 saturated heterocycles. The lowest BCUT2D eigenvalue weighted by Gasteiger charge is -2.13. The lowest BCUT2D eigenvalue weighted by Crippen LogP contribution is -2.23. The van der Waals surface area contributed by atoms with Gasteiger partial charge in [-0.2, -0.15) is 0 Å². The predicted octanol–water partition coefficient (Wildman–Crippen LogP) is 3.01. The number of hydrogen-bond acceptors (Lipinski definition) is 6. The Morgan fingerprint density at radius 2 is 1.92 bits per heavy atom. The maximum absolute atomic E-state index is 12.5. The number of rotatable bonds is 6.